The van der Waals surface area contributed by atoms with Crippen LogP contribution >= 0.6 is 0 Å². The molecule has 0 radical (unpaired) electrons. The number of unbranched alkanes of at least 4 members (excludes halogenated alkanes) is 1. The number of amides is 1. The summed E-state index contributed by atoms with van der Waals surface area (Å²) in [4.78, 5) is 12.5. The first-order valence-corrected chi connectivity index (χ1v) is 11.5. The molecule has 27 heavy (non-hydrogen) atoms. The maximum atomic E-state index is 12.5. The molecule has 5 nitrogen and oxygen atoms in total. The lowest BCUT2D eigenvalue weighted by molar-refractivity contribution is -0.120. The van der Waals surface area contributed by atoms with E-state index in [0.717, 1.165) is 12.1 Å². The van der Waals surface area contributed by atoms with E-state index in [-0.39, 0.29) is 17.9 Å². The molecule has 0 atom stereocenters. The number of benzene rings is 1. The van der Waals surface area contributed by atoms with Gasteiger partial charge in [0.25, 0.3) is 0 Å². The fraction of sp³-hybridized carbons (Fsp3) is 0.667. The molecule has 1 saturated carbocycles. The molecule has 0 heterocycles. The van der Waals surface area contributed by atoms with Gasteiger partial charge in [0.05, 0.1) is 4.75 Å². The lowest BCUT2D eigenvalue weighted by Crippen LogP contribution is -2.46. The SMILES string of the molecule is CCCCc1ccc(NC(=O)[C@H]2CC[C@@H](NS(=O)(=O)C(C)(C)C)CC2)cc1. The molecular formula is C21H34N2O3S. The average molecular weight is 395 g/mol. The molecular weight excluding hydrogens is 360 g/mol. The van der Waals surface area contributed by atoms with Gasteiger partial charge in [-0.3, -0.25) is 4.79 Å². The van der Waals surface area contributed by atoms with Crippen LogP contribution in [0.4, 0.5) is 5.69 Å². The summed E-state index contributed by atoms with van der Waals surface area (Å²) >= 11 is 0. The molecule has 0 aromatic heterocycles. The van der Waals surface area contributed by atoms with Crippen LogP contribution in [-0.4, -0.2) is 25.1 Å². The van der Waals surface area contributed by atoms with E-state index in [1.54, 1.807) is 20.8 Å². The van der Waals surface area contributed by atoms with E-state index in [4.69, 9.17) is 0 Å². The lowest BCUT2D eigenvalue weighted by Gasteiger charge is -2.30. The van der Waals surface area contributed by atoms with Crippen LogP contribution in [0.1, 0.15) is 71.8 Å². The zero-order chi connectivity index (χ0) is 20.1. The van der Waals surface area contributed by atoms with Gasteiger partial charge in [-0.1, -0.05) is 25.5 Å². The molecule has 1 aliphatic rings. The third kappa shape index (κ3) is 6.32. The summed E-state index contributed by atoms with van der Waals surface area (Å²) in [6.45, 7) is 7.27. The molecule has 0 unspecified atom stereocenters. The van der Waals surface area contributed by atoms with Gasteiger partial charge < -0.3 is 5.32 Å². The van der Waals surface area contributed by atoms with Crippen molar-refractivity contribution >= 4 is 21.6 Å². The molecule has 1 aromatic rings. The first-order valence-electron chi connectivity index (χ1n) is 10.0. The predicted octanol–water partition coefficient (Wildman–Crippen LogP) is 4.24. The molecule has 0 bridgehead atoms. The van der Waals surface area contributed by atoms with Crippen molar-refractivity contribution in [3.63, 3.8) is 0 Å². The lowest BCUT2D eigenvalue weighted by atomic mass is 9.86. The van der Waals surface area contributed by atoms with Gasteiger partial charge in [-0.2, -0.15) is 0 Å². The second-order valence-corrected chi connectivity index (χ2v) is 11.0. The zero-order valence-electron chi connectivity index (χ0n) is 17.0. The third-order valence-corrected chi connectivity index (χ3v) is 7.52. The third-order valence-electron chi connectivity index (χ3n) is 5.27. The smallest absolute Gasteiger partial charge is 0.227 e. The molecule has 2 N–H and O–H groups in total. The Hall–Kier alpha value is -1.40. The Kier molecular flexibility index (Phi) is 7.46. The van der Waals surface area contributed by atoms with Crippen LogP contribution in [0.3, 0.4) is 0 Å². The summed E-state index contributed by atoms with van der Waals surface area (Å²) in [7, 11) is -3.35. The highest BCUT2D eigenvalue weighted by molar-refractivity contribution is 7.90. The van der Waals surface area contributed by atoms with E-state index in [1.807, 2.05) is 12.1 Å². The number of hydrogen-bond donors (Lipinski definition) is 2. The zero-order valence-corrected chi connectivity index (χ0v) is 17.9. The monoisotopic (exact) mass is 394 g/mol. The molecule has 6 heteroatoms. The molecule has 0 saturated heterocycles. The number of rotatable bonds is 7. The molecule has 2 rings (SSSR count). The Morgan fingerprint density at radius 1 is 1.07 bits per heavy atom. The van der Waals surface area contributed by atoms with Gasteiger partial charge >= 0.3 is 0 Å². The average Bonchev–Trinajstić information content (AvgIpc) is 2.60. The Labute approximate surface area is 164 Å². The van der Waals surface area contributed by atoms with Crippen LogP contribution in [0.25, 0.3) is 0 Å². The van der Waals surface area contributed by atoms with Gasteiger partial charge in [0.1, 0.15) is 0 Å². The molecule has 1 amide bonds. The minimum absolute atomic E-state index is 0.0356. The number of anilines is 1. The fourth-order valence-corrected chi connectivity index (χ4v) is 4.28. The van der Waals surface area contributed by atoms with Crippen LogP contribution < -0.4 is 10.0 Å². The molecule has 0 spiro atoms. The maximum absolute atomic E-state index is 12.5. The van der Waals surface area contributed by atoms with Gasteiger partial charge in [0.2, 0.25) is 15.9 Å². The highest BCUT2D eigenvalue weighted by atomic mass is 32.2. The minimum Gasteiger partial charge on any atom is -0.326 e. The van der Waals surface area contributed by atoms with Crippen LogP contribution in [0.5, 0.6) is 0 Å². The van der Waals surface area contributed by atoms with Crippen molar-refractivity contribution < 1.29 is 13.2 Å². The number of aryl methyl sites for hydroxylation is 1. The quantitative estimate of drug-likeness (QED) is 0.726. The highest BCUT2D eigenvalue weighted by Gasteiger charge is 2.34. The number of nitrogens with one attached hydrogen (secondary N) is 2. The van der Waals surface area contributed by atoms with E-state index in [9.17, 15) is 13.2 Å². The van der Waals surface area contributed by atoms with Crippen molar-refractivity contribution in [1.29, 1.82) is 0 Å². The molecule has 0 aliphatic heterocycles. The number of sulfonamides is 1. The summed E-state index contributed by atoms with van der Waals surface area (Å²) in [5.41, 5.74) is 2.12. The number of carbonyl (C=O) groups is 1. The highest BCUT2D eigenvalue weighted by Crippen LogP contribution is 2.27. The van der Waals surface area contributed by atoms with Crippen molar-refractivity contribution in [2.75, 3.05) is 5.32 Å². The topological polar surface area (TPSA) is 75.3 Å². The van der Waals surface area contributed by atoms with Gasteiger partial charge in [-0.25, -0.2) is 13.1 Å². The normalized spacial score (nSPS) is 21.0. The summed E-state index contributed by atoms with van der Waals surface area (Å²) in [6.07, 6.45) is 6.22. The molecule has 1 fully saturated rings. The minimum atomic E-state index is -3.35. The number of carbonyl (C=O) groups excluding carboxylic acids is 1. The molecule has 152 valence electrons. The van der Waals surface area contributed by atoms with Gasteiger partial charge in [-0.15, -0.1) is 0 Å². The summed E-state index contributed by atoms with van der Waals surface area (Å²) in [5.74, 6) is -0.0198. The van der Waals surface area contributed by atoms with Crippen molar-refractivity contribution in [3.8, 4) is 0 Å². The Balaban J connectivity index is 1.83. The standard InChI is InChI=1S/C21H34N2O3S/c1-5-6-7-16-8-12-18(13-9-16)22-20(24)17-10-14-19(15-11-17)23-27(25,26)21(2,3)4/h8-9,12-13,17,19,23H,5-7,10-11,14-15H2,1-4H3,(H,22,24)/t17-,19+. The largest absolute Gasteiger partial charge is 0.326 e. The van der Waals surface area contributed by atoms with E-state index in [0.29, 0.717) is 25.7 Å². The second-order valence-electron chi connectivity index (χ2n) is 8.57. The van der Waals surface area contributed by atoms with E-state index in [2.05, 4.69) is 29.1 Å². The Morgan fingerprint density at radius 3 is 2.19 bits per heavy atom. The van der Waals surface area contributed by atoms with Crippen molar-refractivity contribution in [1.82, 2.24) is 4.72 Å². The first-order chi connectivity index (χ1) is 12.6. The van der Waals surface area contributed by atoms with Crippen molar-refractivity contribution in [3.05, 3.63) is 29.8 Å². The summed E-state index contributed by atoms with van der Waals surface area (Å²) in [6, 6.07) is 8.00. The van der Waals surface area contributed by atoms with Crippen molar-refractivity contribution in [2.45, 2.75) is 83.4 Å². The molecule has 1 aliphatic carbocycles. The van der Waals surface area contributed by atoms with Gasteiger partial charge in [0, 0.05) is 17.6 Å². The first kappa shape index (κ1) is 21.9. The molecule has 1 aromatic carbocycles. The van der Waals surface area contributed by atoms with Crippen LogP contribution in [0.15, 0.2) is 24.3 Å². The Bertz CT molecular complexity index is 713. The summed E-state index contributed by atoms with van der Waals surface area (Å²) in [5, 5.41) is 3.00. The fourth-order valence-electron chi connectivity index (χ4n) is 3.25. The second kappa shape index (κ2) is 9.20. The Morgan fingerprint density at radius 2 is 1.67 bits per heavy atom. The van der Waals surface area contributed by atoms with E-state index < -0.39 is 14.8 Å². The summed E-state index contributed by atoms with van der Waals surface area (Å²) < 4.78 is 26.6. The number of hydrogen-bond acceptors (Lipinski definition) is 3. The van der Waals surface area contributed by atoms with E-state index >= 15 is 0 Å². The maximum Gasteiger partial charge on any atom is 0.227 e. The van der Waals surface area contributed by atoms with Gasteiger partial charge in [-0.05, 0) is 77.0 Å². The van der Waals surface area contributed by atoms with Gasteiger partial charge in [0.15, 0.2) is 0 Å². The van der Waals surface area contributed by atoms with Crippen molar-refractivity contribution in [2.24, 2.45) is 5.92 Å². The van der Waals surface area contributed by atoms with Crippen LogP contribution in [0, 0.1) is 5.92 Å². The van der Waals surface area contributed by atoms with E-state index in [1.165, 1.54) is 18.4 Å². The predicted molar refractivity (Wildman–Crippen MR) is 111 cm³/mol. The van der Waals surface area contributed by atoms with Crippen LogP contribution in [0.2, 0.25) is 0 Å². The van der Waals surface area contributed by atoms with Crippen LogP contribution in [-0.2, 0) is 21.2 Å².